The maximum Gasteiger partial charge on any atom is 0.287 e. The van der Waals surface area contributed by atoms with Gasteiger partial charge in [-0.1, -0.05) is 19.8 Å². The lowest BCUT2D eigenvalue weighted by Gasteiger charge is -2.27. The zero-order chi connectivity index (χ0) is 14.5. The van der Waals surface area contributed by atoms with Crippen molar-refractivity contribution in [1.82, 2.24) is 10.6 Å². The molecule has 6 heteroatoms. The number of amides is 2. The zero-order valence-corrected chi connectivity index (χ0v) is 13.0. The zero-order valence-electron chi connectivity index (χ0n) is 11.4. The van der Waals surface area contributed by atoms with E-state index in [2.05, 4.69) is 33.5 Å². The summed E-state index contributed by atoms with van der Waals surface area (Å²) in [7, 11) is 0. The predicted molar refractivity (Wildman–Crippen MR) is 78.3 cm³/mol. The third kappa shape index (κ3) is 4.37. The molecule has 0 aliphatic heterocycles. The van der Waals surface area contributed by atoms with Crippen LogP contribution in [0, 0.1) is 5.92 Å². The van der Waals surface area contributed by atoms with Crippen LogP contribution >= 0.6 is 15.9 Å². The van der Waals surface area contributed by atoms with Gasteiger partial charge in [0.25, 0.3) is 5.91 Å². The van der Waals surface area contributed by atoms with E-state index in [4.69, 9.17) is 4.42 Å². The molecule has 2 amide bonds. The van der Waals surface area contributed by atoms with Crippen LogP contribution < -0.4 is 10.6 Å². The fourth-order valence-electron chi connectivity index (χ4n) is 2.53. The molecule has 0 aromatic carbocycles. The summed E-state index contributed by atoms with van der Waals surface area (Å²) in [6, 6.07) is 3.43. The SMILES string of the molecule is CC1CCCC(NC(=O)CNC(=O)c2ccc(Br)o2)C1. The Kier molecular flexibility index (Phi) is 5.23. The highest BCUT2D eigenvalue weighted by Gasteiger charge is 2.20. The van der Waals surface area contributed by atoms with E-state index in [0.29, 0.717) is 10.6 Å². The summed E-state index contributed by atoms with van der Waals surface area (Å²) in [5.41, 5.74) is 0. The number of furan rings is 1. The average Bonchev–Trinajstić information content (AvgIpc) is 2.83. The van der Waals surface area contributed by atoms with Gasteiger partial charge < -0.3 is 15.1 Å². The van der Waals surface area contributed by atoms with Gasteiger partial charge in [0, 0.05) is 6.04 Å². The smallest absolute Gasteiger partial charge is 0.287 e. The molecule has 2 rings (SSSR count). The first-order valence-corrected chi connectivity index (χ1v) is 7.67. The van der Waals surface area contributed by atoms with Crippen molar-refractivity contribution in [1.29, 1.82) is 0 Å². The van der Waals surface area contributed by atoms with E-state index in [1.54, 1.807) is 12.1 Å². The summed E-state index contributed by atoms with van der Waals surface area (Å²) in [6.45, 7) is 2.18. The molecule has 5 nitrogen and oxygen atoms in total. The fourth-order valence-corrected chi connectivity index (χ4v) is 2.83. The molecule has 1 fully saturated rings. The summed E-state index contributed by atoms with van der Waals surface area (Å²) >= 11 is 3.13. The molecule has 2 unspecified atom stereocenters. The van der Waals surface area contributed by atoms with Crippen LogP contribution in [-0.4, -0.2) is 24.4 Å². The largest absolute Gasteiger partial charge is 0.444 e. The molecule has 1 aromatic rings. The van der Waals surface area contributed by atoms with Crippen LogP contribution in [0.15, 0.2) is 21.2 Å². The molecular formula is C14H19BrN2O3. The summed E-state index contributed by atoms with van der Waals surface area (Å²) < 4.78 is 5.60. The highest BCUT2D eigenvalue weighted by Crippen LogP contribution is 2.23. The standard InChI is InChI=1S/C14H19BrN2O3/c1-9-3-2-4-10(7-9)17-13(18)8-16-14(19)11-5-6-12(15)20-11/h5-6,9-10H,2-4,7-8H2,1H3,(H,16,19)(H,17,18). The lowest BCUT2D eigenvalue weighted by molar-refractivity contribution is -0.121. The van der Waals surface area contributed by atoms with Crippen LogP contribution in [0.1, 0.15) is 43.2 Å². The average molecular weight is 343 g/mol. The predicted octanol–water partition coefficient (Wildman–Crippen LogP) is 2.47. The van der Waals surface area contributed by atoms with Gasteiger partial charge in [0.05, 0.1) is 6.54 Å². The van der Waals surface area contributed by atoms with Crippen molar-refractivity contribution < 1.29 is 14.0 Å². The third-order valence-corrected chi connectivity index (χ3v) is 3.93. The topological polar surface area (TPSA) is 71.3 Å². The second-order valence-electron chi connectivity index (χ2n) is 5.32. The van der Waals surface area contributed by atoms with Crippen molar-refractivity contribution in [2.75, 3.05) is 6.54 Å². The third-order valence-electron chi connectivity index (χ3n) is 3.51. The van der Waals surface area contributed by atoms with E-state index in [9.17, 15) is 9.59 Å². The Balaban J connectivity index is 1.73. The highest BCUT2D eigenvalue weighted by atomic mass is 79.9. The van der Waals surface area contributed by atoms with E-state index in [1.807, 2.05) is 0 Å². The minimum Gasteiger partial charge on any atom is -0.444 e. The van der Waals surface area contributed by atoms with Gasteiger partial charge in [0.1, 0.15) is 0 Å². The maximum absolute atomic E-state index is 11.8. The summed E-state index contributed by atoms with van der Waals surface area (Å²) in [4.78, 5) is 23.5. The molecular weight excluding hydrogens is 324 g/mol. The maximum atomic E-state index is 11.8. The molecule has 1 aliphatic rings. The molecule has 1 aromatic heterocycles. The van der Waals surface area contributed by atoms with Crippen molar-refractivity contribution in [2.24, 2.45) is 5.92 Å². The lowest BCUT2D eigenvalue weighted by atomic mass is 9.87. The van der Waals surface area contributed by atoms with Gasteiger partial charge in [-0.25, -0.2) is 0 Å². The van der Waals surface area contributed by atoms with Crippen LogP contribution in [0.25, 0.3) is 0 Å². The van der Waals surface area contributed by atoms with E-state index < -0.39 is 0 Å². The number of rotatable bonds is 4. The Morgan fingerprint density at radius 2 is 2.20 bits per heavy atom. The molecule has 1 aliphatic carbocycles. The van der Waals surface area contributed by atoms with Crippen molar-refractivity contribution in [3.8, 4) is 0 Å². The number of carbonyl (C=O) groups excluding carboxylic acids is 2. The summed E-state index contributed by atoms with van der Waals surface area (Å²) in [6.07, 6.45) is 4.43. The quantitative estimate of drug-likeness (QED) is 0.882. The molecule has 0 radical (unpaired) electrons. The summed E-state index contributed by atoms with van der Waals surface area (Å²) in [5.74, 6) is 0.311. The molecule has 1 heterocycles. The monoisotopic (exact) mass is 342 g/mol. The Morgan fingerprint density at radius 1 is 1.40 bits per heavy atom. The first kappa shape index (κ1) is 15.1. The second kappa shape index (κ2) is 6.92. The molecule has 0 saturated heterocycles. The van der Waals surface area contributed by atoms with Gasteiger partial charge in [0.2, 0.25) is 5.91 Å². The minimum atomic E-state index is -0.386. The molecule has 2 atom stereocenters. The first-order chi connectivity index (χ1) is 9.54. The number of hydrogen-bond donors (Lipinski definition) is 2. The van der Waals surface area contributed by atoms with Crippen LogP contribution in [0.4, 0.5) is 0 Å². The minimum absolute atomic E-state index is 0.0258. The first-order valence-electron chi connectivity index (χ1n) is 6.87. The number of halogens is 1. The Morgan fingerprint density at radius 3 is 2.85 bits per heavy atom. The lowest BCUT2D eigenvalue weighted by Crippen LogP contribution is -2.43. The van der Waals surface area contributed by atoms with Crippen molar-refractivity contribution >= 4 is 27.7 Å². The van der Waals surface area contributed by atoms with Gasteiger partial charge in [-0.05, 0) is 46.8 Å². The van der Waals surface area contributed by atoms with Gasteiger partial charge in [-0.3, -0.25) is 9.59 Å². The molecule has 0 spiro atoms. The number of hydrogen-bond acceptors (Lipinski definition) is 3. The fraction of sp³-hybridized carbons (Fsp3) is 0.571. The van der Waals surface area contributed by atoms with Crippen molar-refractivity contribution in [2.45, 2.75) is 38.6 Å². The van der Waals surface area contributed by atoms with Crippen LogP contribution in [-0.2, 0) is 4.79 Å². The van der Waals surface area contributed by atoms with Gasteiger partial charge in [0.15, 0.2) is 10.4 Å². The second-order valence-corrected chi connectivity index (χ2v) is 6.10. The van der Waals surface area contributed by atoms with E-state index >= 15 is 0 Å². The molecule has 20 heavy (non-hydrogen) atoms. The van der Waals surface area contributed by atoms with Gasteiger partial charge >= 0.3 is 0 Å². The molecule has 110 valence electrons. The van der Waals surface area contributed by atoms with Crippen LogP contribution in [0.5, 0.6) is 0 Å². The molecule has 1 saturated carbocycles. The highest BCUT2D eigenvalue weighted by molar-refractivity contribution is 9.10. The normalized spacial score (nSPS) is 22.3. The Bertz CT molecular complexity index is 487. The van der Waals surface area contributed by atoms with Crippen molar-refractivity contribution in [3.63, 3.8) is 0 Å². The molecule has 2 N–H and O–H groups in total. The summed E-state index contributed by atoms with van der Waals surface area (Å²) in [5, 5.41) is 5.52. The van der Waals surface area contributed by atoms with E-state index in [-0.39, 0.29) is 30.2 Å². The van der Waals surface area contributed by atoms with Gasteiger partial charge in [-0.15, -0.1) is 0 Å². The van der Waals surface area contributed by atoms with Crippen LogP contribution in [0.3, 0.4) is 0 Å². The van der Waals surface area contributed by atoms with Gasteiger partial charge in [-0.2, -0.15) is 0 Å². The Hall–Kier alpha value is -1.30. The van der Waals surface area contributed by atoms with Crippen molar-refractivity contribution in [3.05, 3.63) is 22.6 Å². The number of nitrogens with one attached hydrogen (secondary N) is 2. The molecule has 0 bridgehead atoms. The Labute approximate surface area is 126 Å². The van der Waals surface area contributed by atoms with Crippen LogP contribution in [0.2, 0.25) is 0 Å². The number of carbonyl (C=O) groups is 2. The van der Waals surface area contributed by atoms with E-state index in [1.165, 1.54) is 6.42 Å². The van der Waals surface area contributed by atoms with E-state index in [0.717, 1.165) is 19.3 Å².